The van der Waals surface area contributed by atoms with E-state index in [0.29, 0.717) is 19.5 Å². The Balaban J connectivity index is 1.34. The minimum absolute atomic E-state index is 0.0132. The third-order valence-corrected chi connectivity index (χ3v) is 6.68. The molecule has 1 saturated carbocycles. The average molecular weight is 429 g/mol. The summed E-state index contributed by atoms with van der Waals surface area (Å²) >= 11 is 7.52. The van der Waals surface area contributed by atoms with Gasteiger partial charge < -0.3 is 4.90 Å². The van der Waals surface area contributed by atoms with Gasteiger partial charge in [-0.1, -0.05) is 29.8 Å². The van der Waals surface area contributed by atoms with Gasteiger partial charge >= 0.3 is 6.18 Å². The van der Waals surface area contributed by atoms with Crippen LogP contribution in [0.5, 0.6) is 0 Å². The fraction of sp³-hybridized carbons (Fsp3) is 0.450. The molecule has 1 amide bonds. The number of carbonyl (C=O) groups excluding carboxylic acids is 1. The van der Waals surface area contributed by atoms with Crippen LogP contribution in [0.15, 0.2) is 36.4 Å². The highest BCUT2D eigenvalue weighted by Crippen LogP contribution is 2.51. The molecule has 1 saturated heterocycles. The summed E-state index contributed by atoms with van der Waals surface area (Å²) in [4.78, 5) is 18.1. The zero-order valence-electron chi connectivity index (χ0n) is 15.1. The fourth-order valence-electron chi connectivity index (χ4n) is 3.91. The van der Waals surface area contributed by atoms with Crippen LogP contribution < -0.4 is 0 Å². The lowest BCUT2D eigenvalue weighted by Crippen LogP contribution is -2.48. The molecule has 1 aliphatic heterocycles. The van der Waals surface area contributed by atoms with Crippen molar-refractivity contribution in [2.24, 2.45) is 5.92 Å². The molecule has 2 atom stereocenters. The lowest BCUT2D eigenvalue weighted by atomic mass is 10.0. The molecule has 1 aliphatic carbocycles. The van der Waals surface area contributed by atoms with Gasteiger partial charge in [-0.15, -0.1) is 11.3 Å². The van der Waals surface area contributed by atoms with Crippen molar-refractivity contribution in [3.05, 3.63) is 56.7 Å². The lowest BCUT2D eigenvalue weighted by Gasteiger charge is -2.34. The SMILES string of the molecule is O=C(C1CC1c1ccccc1C(F)(F)F)N1CCN(Cc2ccc(Cl)s2)CC1. The van der Waals surface area contributed by atoms with E-state index < -0.39 is 11.7 Å². The third-order valence-electron chi connectivity index (χ3n) is 5.47. The molecule has 0 spiro atoms. The van der Waals surface area contributed by atoms with E-state index in [9.17, 15) is 18.0 Å². The van der Waals surface area contributed by atoms with Crippen LogP contribution in [0, 0.1) is 5.92 Å². The normalized spacial score (nSPS) is 23.1. The molecule has 4 rings (SSSR count). The summed E-state index contributed by atoms with van der Waals surface area (Å²) in [6.07, 6.45) is -3.89. The molecule has 0 radical (unpaired) electrons. The van der Waals surface area contributed by atoms with E-state index in [-0.39, 0.29) is 23.3 Å². The average Bonchev–Trinajstić information content (AvgIpc) is 3.37. The smallest absolute Gasteiger partial charge is 0.340 e. The van der Waals surface area contributed by atoms with Crippen molar-refractivity contribution < 1.29 is 18.0 Å². The molecule has 150 valence electrons. The van der Waals surface area contributed by atoms with Gasteiger partial charge in [-0.3, -0.25) is 9.69 Å². The summed E-state index contributed by atoms with van der Waals surface area (Å²) < 4.78 is 40.5. The van der Waals surface area contributed by atoms with E-state index in [2.05, 4.69) is 4.90 Å². The Labute approximate surface area is 170 Å². The Morgan fingerprint density at radius 1 is 1.11 bits per heavy atom. The van der Waals surface area contributed by atoms with Gasteiger partial charge in [0.05, 0.1) is 9.90 Å². The first-order valence-electron chi connectivity index (χ1n) is 9.24. The van der Waals surface area contributed by atoms with Gasteiger partial charge in [-0.2, -0.15) is 13.2 Å². The molecule has 2 unspecified atom stereocenters. The largest absolute Gasteiger partial charge is 0.416 e. The van der Waals surface area contributed by atoms with Crippen LogP contribution in [0.1, 0.15) is 28.3 Å². The van der Waals surface area contributed by atoms with Crippen molar-refractivity contribution in [3.63, 3.8) is 0 Å². The zero-order chi connectivity index (χ0) is 19.9. The second-order valence-electron chi connectivity index (χ2n) is 7.34. The summed E-state index contributed by atoms with van der Waals surface area (Å²) in [5, 5.41) is 0. The minimum atomic E-state index is -4.39. The number of halogens is 4. The number of carbonyl (C=O) groups is 1. The van der Waals surface area contributed by atoms with Gasteiger partial charge in [0.2, 0.25) is 5.91 Å². The van der Waals surface area contributed by atoms with Crippen LogP contribution in [0.25, 0.3) is 0 Å². The van der Waals surface area contributed by atoms with Crippen molar-refractivity contribution >= 4 is 28.8 Å². The Hall–Kier alpha value is -1.57. The molecule has 2 fully saturated rings. The van der Waals surface area contributed by atoms with Gasteiger partial charge in [0.25, 0.3) is 0 Å². The number of benzene rings is 1. The predicted octanol–water partition coefficient (Wildman–Crippen LogP) is 4.87. The summed E-state index contributed by atoms with van der Waals surface area (Å²) in [6, 6.07) is 9.51. The minimum Gasteiger partial charge on any atom is -0.340 e. The predicted molar refractivity (Wildman–Crippen MR) is 103 cm³/mol. The van der Waals surface area contributed by atoms with Crippen molar-refractivity contribution in [3.8, 4) is 0 Å². The maximum atomic E-state index is 13.2. The summed E-state index contributed by atoms with van der Waals surface area (Å²) in [5.74, 6) is -0.663. The van der Waals surface area contributed by atoms with Gasteiger partial charge in [0.1, 0.15) is 0 Å². The van der Waals surface area contributed by atoms with Crippen LogP contribution in [0.4, 0.5) is 13.2 Å². The van der Waals surface area contributed by atoms with Crippen LogP contribution in [-0.4, -0.2) is 41.9 Å². The first kappa shape index (κ1) is 19.7. The molecule has 8 heteroatoms. The topological polar surface area (TPSA) is 23.6 Å². The molecular weight excluding hydrogens is 409 g/mol. The van der Waals surface area contributed by atoms with E-state index >= 15 is 0 Å². The Bertz CT molecular complexity index is 861. The molecule has 0 bridgehead atoms. The second-order valence-corrected chi connectivity index (χ2v) is 9.14. The summed E-state index contributed by atoms with van der Waals surface area (Å²) in [6.45, 7) is 3.56. The Kier molecular flexibility index (Phi) is 5.42. The van der Waals surface area contributed by atoms with Crippen molar-refractivity contribution in [2.75, 3.05) is 26.2 Å². The van der Waals surface area contributed by atoms with E-state index in [0.717, 1.165) is 30.0 Å². The maximum Gasteiger partial charge on any atom is 0.416 e. The zero-order valence-corrected chi connectivity index (χ0v) is 16.7. The monoisotopic (exact) mass is 428 g/mol. The van der Waals surface area contributed by atoms with Gasteiger partial charge in [-0.25, -0.2) is 0 Å². The molecule has 2 aliphatic rings. The van der Waals surface area contributed by atoms with Crippen molar-refractivity contribution in [1.29, 1.82) is 0 Å². The molecule has 1 aromatic heterocycles. The van der Waals surface area contributed by atoms with Crippen LogP contribution in [0.3, 0.4) is 0 Å². The van der Waals surface area contributed by atoms with Gasteiger partial charge in [0.15, 0.2) is 0 Å². The molecule has 1 aromatic carbocycles. The summed E-state index contributed by atoms with van der Waals surface area (Å²) in [5.41, 5.74) is -0.365. The first-order valence-corrected chi connectivity index (χ1v) is 10.4. The fourth-order valence-corrected chi connectivity index (χ4v) is 5.04. The molecule has 2 heterocycles. The summed E-state index contributed by atoms with van der Waals surface area (Å²) in [7, 11) is 0. The van der Waals surface area contributed by atoms with Crippen LogP contribution >= 0.6 is 22.9 Å². The lowest BCUT2D eigenvalue weighted by molar-refractivity contribution is -0.139. The highest BCUT2D eigenvalue weighted by Gasteiger charge is 2.49. The van der Waals surface area contributed by atoms with Crippen LogP contribution in [0.2, 0.25) is 4.34 Å². The number of hydrogen-bond donors (Lipinski definition) is 0. The first-order chi connectivity index (χ1) is 13.3. The Morgan fingerprint density at radius 2 is 1.82 bits per heavy atom. The highest BCUT2D eigenvalue weighted by atomic mass is 35.5. The van der Waals surface area contributed by atoms with Crippen LogP contribution in [-0.2, 0) is 17.5 Å². The number of rotatable bonds is 4. The van der Waals surface area contributed by atoms with E-state index in [1.165, 1.54) is 17.0 Å². The standard InChI is InChI=1S/C20H20ClF3N2OS/c21-18-6-5-13(28-18)12-25-7-9-26(10-8-25)19(27)16-11-15(16)14-3-1-2-4-17(14)20(22,23)24/h1-6,15-16H,7-12H2. The molecule has 0 N–H and O–H groups in total. The van der Waals surface area contributed by atoms with Crippen molar-refractivity contribution in [2.45, 2.75) is 25.1 Å². The molecule has 2 aromatic rings. The molecular formula is C20H20ClF3N2OS. The van der Waals surface area contributed by atoms with Gasteiger partial charge in [-0.05, 0) is 36.1 Å². The number of thiophene rings is 1. The number of amides is 1. The van der Waals surface area contributed by atoms with E-state index in [4.69, 9.17) is 11.6 Å². The van der Waals surface area contributed by atoms with Gasteiger partial charge in [0, 0.05) is 43.5 Å². The molecule has 3 nitrogen and oxygen atoms in total. The molecule has 28 heavy (non-hydrogen) atoms. The number of nitrogens with zero attached hydrogens (tertiary/aromatic N) is 2. The number of piperazine rings is 1. The van der Waals surface area contributed by atoms with Crippen molar-refractivity contribution in [1.82, 2.24) is 9.80 Å². The maximum absolute atomic E-state index is 13.2. The van der Waals surface area contributed by atoms with E-state index in [1.54, 1.807) is 22.3 Å². The van der Waals surface area contributed by atoms with E-state index in [1.807, 2.05) is 12.1 Å². The number of hydrogen-bond acceptors (Lipinski definition) is 3. The quantitative estimate of drug-likeness (QED) is 0.693. The Morgan fingerprint density at radius 3 is 2.46 bits per heavy atom. The second kappa shape index (κ2) is 7.69. The third kappa shape index (κ3) is 4.21. The highest BCUT2D eigenvalue weighted by molar-refractivity contribution is 7.16. The number of alkyl halides is 3.